The van der Waals surface area contributed by atoms with Crippen LogP contribution in [0.25, 0.3) is 0 Å². The van der Waals surface area contributed by atoms with Gasteiger partial charge in [0.1, 0.15) is 6.54 Å². The second kappa shape index (κ2) is 5.36. The molecule has 0 saturated carbocycles. The second-order valence-electron chi connectivity index (χ2n) is 5.93. The fourth-order valence-electron chi connectivity index (χ4n) is 2.14. The van der Waals surface area contributed by atoms with E-state index in [0.717, 1.165) is 17.4 Å². The molecule has 0 aromatic heterocycles. The fourth-order valence-corrected chi connectivity index (χ4v) is 2.14. The van der Waals surface area contributed by atoms with E-state index in [-0.39, 0.29) is 0 Å². The zero-order valence-electron chi connectivity index (χ0n) is 11.6. The molecule has 0 unspecified atom stereocenters. The average Bonchev–Trinajstić information content (AvgIpc) is 2.31. The van der Waals surface area contributed by atoms with E-state index in [2.05, 4.69) is 75.7 Å². The molecule has 0 bridgehead atoms. The van der Waals surface area contributed by atoms with Crippen molar-refractivity contribution in [2.24, 2.45) is 0 Å². The molecular weight excluding hydrogens is 218 g/mol. The maximum atomic E-state index is 2.25. The van der Waals surface area contributed by atoms with Crippen molar-refractivity contribution in [3.63, 3.8) is 0 Å². The van der Waals surface area contributed by atoms with E-state index in [9.17, 15) is 0 Å². The van der Waals surface area contributed by atoms with Gasteiger partial charge in [0.25, 0.3) is 0 Å². The highest BCUT2D eigenvalue weighted by Gasteiger charge is 2.07. The van der Waals surface area contributed by atoms with E-state index in [4.69, 9.17) is 0 Å². The monoisotopic (exact) mass is 240 g/mol. The summed E-state index contributed by atoms with van der Waals surface area (Å²) in [4.78, 5) is 0. The summed E-state index contributed by atoms with van der Waals surface area (Å²) in [6, 6.07) is 19.6. The highest BCUT2D eigenvalue weighted by Crippen LogP contribution is 2.12. The molecule has 0 spiro atoms. The van der Waals surface area contributed by atoms with Crippen LogP contribution in [0.15, 0.2) is 54.6 Å². The number of quaternary nitrogens is 1. The molecule has 2 aromatic rings. The van der Waals surface area contributed by atoms with Crippen molar-refractivity contribution in [3.8, 4) is 0 Å². The van der Waals surface area contributed by atoms with Gasteiger partial charge in [0.15, 0.2) is 0 Å². The average molecular weight is 240 g/mol. The standard InChI is InChI=1S/C17H22N/c1-18(2,3)14-17-11-9-16(10-12-17)13-15-7-5-4-6-8-15/h4-12H,13-14H2,1-3H3/q+1. The van der Waals surface area contributed by atoms with Gasteiger partial charge in [0, 0.05) is 5.56 Å². The quantitative estimate of drug-likeness (QED) is 0.718. The van der Waals surface area contributed by atoms with Crippen LogP contribution in [-0.4, -0.2) is 25.6 Å². The minimum Gasteiger partial charge on any atom is -0.327 e. The minimum absolute atomic E-state index is 0.970. The lowest BCUT2D eigenvalue weighted by atomic mass is 10.0. The van der Waals surface area contributed by atoms with E-state index in [1.54, 1.807) is 0 Å². The third-order valence-electron chi connectivity index (χ3n) is 2.93. The topological polar surface area (TPSA) is 0 Å². The van der Waals surface area contributed by atoms with Crippen molar-refractivity contribution in [3.05, 3.63) is 71.3 Å². The van der Waals surface area contributed by atoms with Crippen LogP contribution in [0, 0.1) is 0 Å². The van der Waals surface area contributed by atoms with Gasteiger partial charge in [-0.2, -0.15) is 0 Å². The van der Waals surface area contributed by atoms with Crippen LogP contribution in [0.1, 0.15) is 16.7 Å². The molecule has 0 saturated heterocycles. The summed E-state index contributed by atoms with van der Waals surface area (Å²) < 4.78 is 0.970. The van der Waals surface area contributed by atoms with Crippen molar-refractivity contribution in [1.29, 1.82) is 0 Å². The number of hydrogen-bond acceptors (Lipinski definition) is 0. The Morgan fingerprint density at radius 3 is 1.72 bits per heavy atom. The van der Waals surface area contributed by atoms with E-state index in [1.807, 2.05) is 0 Å². The summed E-state index contributed by atoms with van der Waals surface area (Å²) >= 11 is 0. The largest absolute Gasteiger partial charge is 0.327 e. The minimum atomic E-state index is 0.970. The van der Waals surface area contributed by atoms with E-state index in [0.29, 0.717) is 0 Å². The molecule has 94 valence electrons. The van der Waals surface area contributed by atoms with E-state index in [1.165, 1.54) is 16.7 Å². The highest BCUT2D eigenvalue weighted by molar-refractivity contribution is 5.28. The summed E-state index contributed by atoms with van der Waals surface area (Å²) in [5.74, 6) is 0. The lowest BCUT2D eigenvalue weighted by Gasteiger charge is -2.23. The molecule has 0 aliphatic rings. The van der Waals surface area contributed by atoms with Crippen LogP contribution in [0.5, 0.6) is 0 Å². The predicted octanol–water partition coefficient (Wildman–Crippen LogP) is 3.48. The van der Waals surface area contributed by atoms with Crippen LogP contribution in [0.4, 0.5) is 0 Å². The maximum Gasteiger partial charge on any atom is 0.104 e. The van der Waals surface area contributed by atoms with Gasteiger partial charge in [-0.25, -0.2) is 0 Å². The SMILES string of the molecule is C[N+](C)(C)Cc1ccc(Cc2ccccc2)cc1. The van der Waals surface area contributed by atoms with Gasteiger partial charge in [-0.15, -0.1) is 0 Å². The summed E-state index contributed by atoms with van der Waals surface area (Å²) in [6.07, 6.45) is 1.02. The Morgan fingerprint density at radius 2 is 1.17 bits per heavy atom. The third-order valence-corrected chi connectivity index (χ3v) is 2.93. The fraction of sp³-hybridized carbons (Fsp3) is 0.294. The zero-order chi connectivity index (χ0) is 13.0. The van der Waals surface area contributed by atoms with Crippen LogP contribution in [0.3, 0.4) is 0 Å². The Kier molecular flexibility index (Phi) is 3.83. The van der Waals surface area contributed by atoms with Crippen molar-refractivity contribution < 1.29 is 4.48 Å². The predicted molar refractivity (Wildman–Crippen MR) is 77.4 cm³/mol. The van der Waals surface area contributed by atoms with Gasteiger partial charge >= 0.3 is 0 Å². The molecule has 0 aliphatic heterocycles. The molecule has 0 fully saturated rings. The molecule has 0 N–H and O–H groups in total. The Hall–Kier alpha value is -1.60. The van der Waals surface area contributed by atoms with Gasteiger partial charge in [-0.05, 0) is 17.5 Å². The Balaban J connectivity index is 2.04. The molecule has 0 heterocycles. The van der Waals surface area contributed by atoms with Gasteiger partial charge in [0.2, 0.25) is 0 Å². The number of benzene rings is 2. The van der Waals surface area contributed by atoms with Gasteiger partial charge in [0.05, 0.1) is 21.1 Å². The first-order valence-electron chi connectivity index (χ1n) is 6.45. The lowest BCUT2D eigenvalue weighted by Crippen LogP contribution is -2.33. The summed E-state index contributed by atoms with van der Waals surface area (Å²) in [6.45, 7) is 1.08. The van der Waals surface area contributed by atoms with Gasteiger partial charge in [-0.3, -0.25) is 0 Å². The van der Waals surface area contributed by atoms with E-state index < -0.39 is 0 Å². The van der Waals surface area contributed by atoms with Crippen molar-refractivity contribution in [2.75, 3.05) is 21.1 Å². The Bertz CT molecular complexity index is 477. The zero-order valence-corrected chi connectivity index (χ0v) is 11.6. The van der Waals surface area contributed by atoms with Gasteiger partial charge < -0.3 is 4.48 Å². The number of nitrogens with zero attached hydrogens (tertiary/aromatic N) is 1. The molecule has 0 atom stereocenters. The molecule has 0 aliphatic carbocycles. The highest BCUT2D eigenvalue weighted by atomic mass is 15.3. The van der Waals surface area contributed by atoms with Gasteiger partial charge in [-0.1, -0.05) is 54.6 Å². The van der Waals surface area contributed by atoms with Crippen molar-refractivity contribution in [1.82, 2.24) is 0 Å². The van der Waals surface area contributed by atoms with E-state index >= 15 is 0 Å². The molecule has 0 radical (unpaired) electrons. The first kappa shape index (κ1) is 12.8. The molecule has 0 amide bonds. The number of hydrogen-bond donors (Lipinski definition) is 0. The van der Waals surface area contributed by atoms with Crippen molar-refractivity contribution >= 4 is 0 Å². The molecule has 1 nitrogen and oxygen atoms in total. The van der Waals surface area contributed by atoms with Crippen LogP contribution in [-0.2, 0) is 13.0 Å². The smallest absolute Gasteiger partial charge is 0.104 e. The van der Waals surface area contributed by atoms with Crippen LogP contribution < -0.4 is 0 Å². The summed E-state index contributed by atoms with van der Waals surface area (Å²) in [7, 11) is 6.66. The lowest BCUT2D eigenvalue weighted by molar-refractivity contribution is -0.884. The third kappa shape index (κ3) is 4.01. The second-order valence-corrected chi connectivity index (χ2v) is 5.93. The summed E-state index contributed by atoms with van der Waals surface area (Å²) in [5, 5.41) is 0. The first-order chi connectivity index (χ1) is 8.53. The molecule has 18 heavy (non-hydrogen) atoms. The maximum absolute atomic E-state index is 2.25. The Labute approximate surface area is 110 Å². The van der Waals surface area contributed by atoms with Crippen molar-refractivity contribution in [2.45, 2.75) is 13.0 Å². The molecule has 2 rings (SSSR count). The first-order valence-corrected chi connectivity index (χ1v) is 6.45. The van der Waals surface area contributed by atoms with Crippen LogP contribution >= 0.6 is 0 Å². The molecule has 2 aromatic carbocycles. The molecular formula is C17H22N+. The van der Waals surface area contributed by atoms with Crippen LogP contribution in [0.2, 0.25) is 0 Å². The number of rotatable bonds is 4. The summed E-state index contributed by atoms with van der Waals surface area (Å²) in [5.41, 5.74) is 4.16. The Morgan fingerprint density at radius 1 is 0.667 bits per heavy atom. The normalized spacial score (nSPS) is 11.5. The molecule has 1 heteroatoms.